The minimum atomic E-state index is 0.825. The van der Waals surface area contributed by atoms with Crippen LogP contribution in [0.2, 0.25) is 0 Å². The normalized spacial score (nSPS) is 14.4. The van der Waals surface area contributed by atoms with Crippen molar-refractivity contribution in [3.8, 4) is 11.4 Å². The Balaban J connectivity index is 2.12. The molecule has 110 valence electrons. The first kappa shape index (κ1) is 14.0. The molecule has 0 atom stereocenters. The zero-order valence-corrected chi connectivity index (χ0v) is 12.8. The van der Waals surface area contributed by atoms with E-state index in [1.54, 1.807) is 0 Å². The van der Waals surface area contributed by atoms with Gasteiger partial charge in [0.05, 0.1) is 0 Å². The van der Waals surface area contributed by atoms with Crippen LogP contribution in [0.4, 0.5) is 5.82 Å². The van der Waals surface area contributed by atoms with E-state index in [0.29, 0.717) is 0 Å². The molecule has 4 nitrogen and oxygen atoms in total. The second kappa shape index (κ2) is 6.20. The first-order valence-corrected chi connectivity index (χ1v) is 7.84. The topological polar surface area (TPSA) is 50.7 Å². The van der Waals surface area contributed by atoms with E-state index in [-0.39, 0.29) is 0 Å². The maximum absolute atomic E-state index is 4.87. The third-order valence-electron chi connectivity index (χ3n) is 4.04. The van der Waals surface area contributed by atoms with Gasteiger partial charge in [0.25, 0.3) is 0 Å². The number of anilines is 1. The van der Waals surface area contributed by atoms with Gasteiger partial charge in [0.2, 0.25) is 0 Å². The fraction of sp³-hybridized carbons (Fsp3) is 0.471. The summed E-state index contributed by atoms with van der Waals surface area (Å²) < 4.78 is 0. The quantitative estimate of drug-likeness (QED) is 0.875. The summed E-state index contributed by atoms with van der Waals surface area (Å²) in [7, 11) is 0. The molecule has 2 aromatic heterocycles. The lowest BCUT2D eigenvalue weighted by Crippen LogP contribution is -2.09. The highest BCUT2D eigenvalue weighted by atomic mass is 15.0. The van der Waals surface area contributed by atoms with Crippen LogP contribution < -0.4 is 5.32 Å². The smallest absolute Gasteiger partial charge is 0.162 e. The minimum absolute atomic E-state index is 0.825. The molecule has 0 unspecified atom stereocenters. The highest BCUT2D eigenvalue weighted by Crippen LogP contribution is 2.28. The lowest BCUT2D eigenvalue weighted by atomic mass is 10.1. The van der Waals surface area contributed by atoms with Gasteiger partial charge in [-0.05, 0) is 51.2 Å². The van der Waals surface area contributed by atoms with Crippen LogP contribution in [-0.2, 0) is 12.8 Å². The highest BCUT2D eigenvalue weighted by Gasteiger charge is 2.17. The fourth-order valence-electron chi connectivity index (χ4n) is 2.93. The molecule has 21 heavy (non-hydrogen) atoms. The van der Waals surface area contributed by atoms with Crippen LogP contribution in [0, 0.1) is 6.92 Å². The van der Waals surface area contributed by atoms with Gasteiger partial charge in [0, 0.05) is 35.8 Å². The van der Waals surface area contributed by atoms with Gasteiger partial charge in [0.1, 0.15) is 5.82 Å². The zero-order chi connectivity index (χ0) is 14.7. The van der Waals surface area contributed by atoms with Gasteiger partial charge >= 0.3 is 0 Å². The van der Waals surface area contributed by atoms with Gasteiger partial charge in [-0.15, -0.1) is 0 Å². The number of hydrogen-bond acceptors (Lipinski definition) is 4. The number of aromatic nitrogens is 3. The molecule has 2 aromatic rings. The summed E-state index contributed by atoms with van der Waals surface area (Å²) in [6.07, 6.45) is 9.58. The van der Waals surface area contributed by atoms with E-state index >= 15 is 0 Å². The van der Waals surface area contributed by atoms with Gasteiger partial charge in [-0.1, -0.05) is 6.42 Å². The number of nitrogens with zero attached hydrogens (tertiary/aromatic N) is 3. The van der Waals surface area contributed by atoms with Crippen molar-refractivity contribution in [1.82, 2.24) is 15.0 Å². The lowest BCUT2D eigenvalue weighted by molar-refractivity contribution is 0.709. The first-order valence-electron chi connectivity index (χ1n) is 7.84. The maximum atomic E-state index is 4.87. The van der Waals surface area contributed by atoms with Crippen LogP contribution in [0.3, 0.4) is 0 Å². The Hall–Kier alpha value is -1.97. The Morgan fingerprint density at radius 3 is 2.81 bits per heavy atom. The van der Waals surface area contributed by atoms with Crippen LogP contribution in [0.15, 0.2) is 18.5 Å². The van der Waals surface area contributed by atoms with E-state index in [4.69, 9.17) is 9.97 Å². The SMILES string of the molecule is CCNc1nc(-c2ccncc2C)nc2c1CCCCC2. The zero-order valence-electron chi connectivity index (χ0n) is 12.8. The molecular weight excluding hydrogens is 260 g/mol. The Morgan fingerprint density at radius 1 is 1.14 bits per heavy atom. The molecule has 0 amide bonds. The molecule has 3 rings (SSSR count). The molecule has 4 heteroatoms. The summed E-state index contributed by atoms with van der Waals surface area (Å²) in [5, 5.41) is 3.43. The predicted molar refractivity (Wildman–Crippen MR) is 85.4 cm³/mol. The Kier molecular flexibility index (Phi) is 4.13. The van der Waals surface area contributed by atoms with Crippen molar-refractivity contribution in [1.29, 1.82) is 0 Å². The predicted octanol–water partition coefficient (Wildman–Crippen LogP) is 3.55. The maximum Gasteiger partial charge on any atom is 0.162 e. The van der Waals surface area contributed by atoms with Crippen LogP contribution in [0.25, 0.3) is 11.4 Å². The molecule has 0 saturated carbocycles. The lowest BCUT2D eigenvalue weighted by Gasteiger charge is -2.14. The monoisotopic (exact) mass is 282 g/mol. The fourth-order valence-corrected chi connectivity index (χ4v) is 2.93. The van der Waals surface area contributed by atoms with Gasteiger partial charge in [-0.2, -0.15) is 0 Å². The first-order chi connectivity index (χ1) is 10.3. The minimum Gasteiger partial charge on any atom is -0.370 e. The molecule has 0 saturated heterocycles. The summed E-state index contributed by atoms with van der Waals surface area (Å²) in [6.45, 7) is 5.06. The van der Waals surface area contributed by atoms with Crippen LogP contribution >= 0.6 is 0 Å². The van der Waals surface area contributed by atoms with E-state index in [2.05, 4.69) is 24.1 Å². The molecule has 0 spiro atoms. The Morgan fingerprint density at radius 2 is 2.00 bits per heavy atom. The Labute approximate surface area is 126 Å². The second-order valence-electron chi connectivity index (χ2n) is 5.60. The molecular formula is C17H22N4. The van der Waals surface area contributed by atoms with Crippen LogP contribution in [-0.4, -0.2) is 21.5 Å². The van der Waals surface area contributed by atoms with Crippen LogP contribution in [0.1, 0.15) is 43.0 Å². The highest BCUT2D eigenvalue weighted by molar-refractivity contribution is 5.62. The number of pyridine rings is 1. The van der Waals surface area contributed by atoms with Crippen molar-refractivity contribution in [3.63, 3.8) is 0 Å². The molecule has 0 fully saturated rings. The molecule has 1 aliphatic rings. The third-order valence-corrected chi connectivity index (χ3v) is 4.04. The summed E-state index contributed by atoms with van der Waals surface area (Å²) in [4.78, 5) is 13.8. The van der Waals surface area contributed by atoms with E-state index in [1.807, 2.05) is 18.5 Å². The van der Waals surface area contributed by atoms with E-state index in [9.17, 15) is 0 Å². The summed E-state index contributed by atoms with van der Waals surface area (Å²) >= 11 is 0. The number of hydrogen-bond donors (Lipinski definition) is 1. The molecule has 1 N–H and O–H groups in total. The summed E-state index contributed by atoms with van der Waals surface area (Å²) in [5.74, 6) is 1.85. The standard InChI is InChI=1S/C17H22N4/c1-3-19-16-14-7-5-4-6-8-15(14)20-17(21-16)13-9-10-18-11-12(13)2/h9-11H,3-8H2,1-2H3,(H,19,20,21). The van der Waals surface area contributed by atoms with Crippen molar-refractivity contribution in [2.45, 2.75) is 46.0 Å². The molecule has 1 aliphatic carbocycles. The van der Waals surface area contributed by atoms with E-state index in [0.717, 1.165) is 42.2 Å². The number of nitrogens with one attached hydrogen (secondary N) is 1. The van der Waals surface area contributed by atoms with Crippen molar-refractivity contribution in [2.24, 2.45) is 0 Å². The van der Waals surface area contributed by atoms with Gasteiger partial charge < -0.3 is 5.32 Å². The summed E-state index contributed by atoms with van der Waals surface area (Å²) in [6, 6.07) is 2.00. The molecule has 0 aliphatic heterocycles. The van der Waals surface area contributed by atoms with Crippen molar-refractivity contribution in [2.75, 3.05) is 11.9 Å². The summed E-state index contributed by atoms with van der Waals surface area (Å²) in [5.41, 5.74) is 4.75. The Bertz CT molecular complexity index is 637. The average molecular weight is 282 g/mol. The van der Waals surface area contributed by atoms with E-state index in [1.165, 1.54) is 30.5 Å². The third kappa shape index (κ3) is 2.89. The van der Waals surface area contributed by atoms with Crippen molar-refractivity contribution >= 4 is 5.82 Å². The molecule has 0 radical (unpaired) electrons. The number of aryl methyl sites for hydroxylation is 2. The van der Waals surface area contributed by atoms with Crippen molar-refractivity contribution < 1.29 is 0 Å². The van der Waals surface area contributed by atoms with Gasteiger partial charge in [0.15, 0.2) is 5.82 Å². The van der Waals surface area contributed by atoms with Gasteiger partial charge in [-0.3, -0.25) is 4.98 Å². The van der Waals surface area contributed by atoms with Crippen LogP contribution in [0.5, 0.6) is 0 Å². The number of rotatable bonds is 3. The van der Waals surface area contributed by atoms with E-state index < -0.39 is 0 Å². The second-order valence-corrected chi connectivity index (χ2v) is 5.60. The van der Waals surface area contributed by atoms with Crippen molar-refractivity contribution in [3.05, 3.63) is 35.3 Å². The molecule has 0 bridgehead atoms. The average Bonchev–Trinajstić information content (AvgIpc) is 2.73. The molecule has 0 aromatic carbocycles. The van der Waals surface area contributed by atoms with Gasteiger partial charge in [-0.25, -0.2) is 9.97 Å². The molecule has 2 heterocycles. The number of fused-ring (bicyclic) bond motifs is 1. The largest absolute Gasteiger partial charge is 0.370 e.